The van der Waals surface area contributed by atoms with Crippen LogP contribution in [0.1, 0.15) is 11.1 Å². The lowest BCUT2D eigenvalue weighted by molar-refractivity contribution is 0.155. The molecule has 0 atom stereocenters. The van der Waals surface area contributed by atoms with Crippen LogP contribution in [-0.4, -0.2) is 11.1 Å². The summed E-state index contributed by atoms with van der Waals surface area (Å²) in [5.41, 5.74) is 1.08. The fourth-order valence-corrected chi connectivity index (χ4v) is 1.62. The van der Waals surface area contributed by atoms with E-state index in [0.29, 0.717) is 0 Å². The quantitative estimate of drug-likeness (QED) is 0.878. The largest absolute Gasteiger partial charge is 0.444 e. The number of rotatable bonds is 3. The third kappa shape index (κ3) is 3.70. The fraction of sp³-hybridized carbons (Fsp3) is 0.0714. The number of nitriles is 1. The number of hydrogen-bond donors (Lipinski definition) is 1. The number of halogens is 1. The number of aromatic nitrogens is 1. The van der Waals surface area contributed by atoms with Crippen LogP contribution >= 0.6 is 11.6 Å². The van der Waals surface area contributed by atoms with Crippen molar-refractivity contribution >= 4 is 23.5 Å². The van der Waals surface area contributed by atoms with Crippen LogP contribution in [0.15, 0.2) is 42.5 Å². The van der Waals surface area contributed by atoms with Crippen LogP contribution in [0.2, 0.25) is 5.15 Å². The number of hydrogen-bond acceptors (Lipinski definition) is 4. The Balaban J connectivity index is 1.98. The second kappa shape index (κ2) is 6.55. The van der Waals surface area contributed by atoms with E-state index < -0.39 is 6.09 Å². The summed E-state index contributed by atoms with van der Waals surface area (Å²) in [4.78, 5) is 15.5. The first-order valence-electron chi connectivity index (χ1n) is 5.73. The SMILES string of the molecule is N#Cc1ccc(Cl)nc1NC(=O)OCc1ccccc1. The molecule has 0 unspecified atom stereocenters. The maximum atomic E-state index is 11.6. The highest BCUT2D eigenvalue weighted by atomic mass is 35.5. The number of benzene rings is 1. The first-order valence-corrected chi connectivity index (χ1v) is 6.11. The molecule has 1 aromatic heterocycles. The lowest BCUT2D eigenvalue weighted by atomic mass is 10.2. The number of amides is 1. The van der Waals surface area contributed by atoms with Crippen LogP contribution in [0.3, 0.4) is 0 Å². The van der Waals surface area contributed by atoms with Gasteiger partial charge in [-0.25, -0.2) is 9.78 Å². The van der Waals surface area contributed by atoms with Crippen molar-refractivity contribution in [2.24, 2.45) is 0 Å². The Labute approximate surface area is 120 Å². The van der Waals surface area contributed by atoms with Crippen LogP contribution in [0.5, 0.6) is 0 Å². The van der Waals surface area contributed by atoms with E-state index in [0.717, 1.165) is 5.56 Å². The molecular formula is C14H10ClN3O2. The Morgan fingerprint density at radius 2 is 2.05 bits per heavy atom. The molecule has 2 aromatic rings. The number of nitrogens with one attached hydrogen (secondary N) is 1. The van der Waals surface area contributed by atoms with Gasteiger partial charge in [-0.1, -0.05) is 41.9 Å². The Kier molecular flexibility index (Phi) is 4.53. The van der Waals surface area contributed by atoms with Crippen molar-refractivity contribution in [3.05, 3.63) is 58.7 Å². The Bertz CT molecular complexity index is 653. The molecule has 2 rings (SSSR count). The third-order valence-corrected chi connectivity index (χ3v) is 2.63. The highest BCUT2D eigenvalue weighted by Crippen LogP contribution is 2.16. The monoisotopic (exact) mass is 287 g/mol. The van der Waals surface area contributed by atoms with E-state index in [-0.39, 0.29) is 23.1 Å². The zero-order valence-electron chi connectivity index (χ0n) is 10.3. The summed E-state index contributed by atoms with van der Waals surface area (Å²) in [5, 5.41) is 11.5. The molecule has 0 radical (unpaired) electrons. The van der Waals surface area contributed by atoms with Gasteiger partial charge < -0.3 is 4.74 Å². The van der Waals surface area contributed by atoms with Crippen LogP contribution < -0.4 is 5.32 Å². The molecule has 5 nitrogen and oxygen atoms in total. The van der Waals surface area contributed by atoms with Gasteiger partial charge in [0.1, 0.15) is 17.8 Å². The lowest BCUT2D eigenvalue weighted by Crippen LogP contribution is -2.15. The molecule has 100 valence electrons. The van der Waals surface area contributed by atoms with Gasteiger partial charge in [-0.2, -0.15) is 5.26 Å². The van der Waals surface area contributed by atoms with Crippen LogP contribution in [0.25, 0.3) is 0 Å². The minimum Gasteiger partial charge on any atom is -0.444 e. The highest BCUT2D eigenvalue weighted by molar-refractivity contribution is 6.29. The molecule has 0 saturated carbocycles. The van der Waals surface area contributed by atoms with E-state index in [9.17, 15) is 4.79 Å². The average Bonchev–Trinajstić information content (AvgIpc) is 2.46. The summed E-state index contributed by atoms with van der Waals surface area (Å²) in [6.07, 6.45) is -0.694. The molecule has 1 N–H and O–H groups in total. The van der Waals surface area contributed by atoms with Gasteiger partial charge in [-0.3, -0.25) is 5.32 Å². The molecule has 0 aliphatic rings. The molecule has 0 bridgehead atoms. The van der Waals surface area contributed by atoms with Gasteiger partial charge in [-0.05, 0) is 17.7 Å². The van der Waals surface area contributed by atoms with Crippen molar-refractivity contribution < 1.29 is 9.53 Å². The van der Waals surface area contributed by atoms with Crippen LogP contribution in [0, 0.1) is 11.3 Å². The molecule has 0 spiro atoms. The summed E-state index contributed by atoms with van der Waals surface area (Å²) in [6, 6.07) is 14.1. The van der Waals surface area contributed by atoms with Crippen molar-refractivity contribution in [2.75, 3.05) is 5.32 Å². The second-order valence-corrected chi connectivity index (χ2v) is 4.22. The maximum absolute atomic E-state index is 11.6. The Morgan fingerprint density at radius 3 is 2.75 bits per heavy atom. The standard InChI is InChI=1S/C14H10ClN3O2/c15-12-7-6-11(8-16)13(17-12)18-14(19)20-9-10-4-2-1-3-5-10/h1-7H,9H2,(H,17,18,19). The van der Waals surface area contributed by atoms with E-state index in [1.165, 1.54) is 12.1 Å². The van der Waals surface area contributed by atoms with Crippen LogP contribution in [-0.2, 0) is 11.3 Å². The van der Waals surface area contributed by atoms with E-state index in [4.69, 9.17) is 21.6 Å². The van der Waals surface area contributed by atoms with Crippen molar-refractivity contribution in [3.63, 3.8) is 0 Å². The van der Waals surface area contributed by atoms with Gasteiger partial charge in [0.25, 0.3) is 0 Å². The molecule has 0 aliphatic carbocycles. The first-order chi connectivity index (χ1) is 9.69. The normalized spacial score (nSPS) is 9.60. The highest BCUT2D eigenvalue weighted by Gasteiger charge is 2.10. The van der Waals surface area contributed by atoms with Gasteiger partial charge in [0.2, 0.25) is 0 Å². The molecule has 1 amide bonds. The number of carbonyl (C=O) groups is 1. The molecule has 1 aromatic carbocycles. The number of ether oxygens (including phenoxy) is 1. The first kappa shape index (κ1) is 13.8. The summed E-state index contributed by atoms with van der Waals surface area (Å²) in [7, 11) is 0. The molecule has 0 saturated heterocycles. The predicted molar refractivity (Wildman–Crippen MR) is 74.2 cm³/mol. The number of anilines is 1. The van der Waals surface area contributed by atoms with Crippen molar-refractivity contribution in [3.8, 4) is 6.07 Å². The minimum absolute atomic E-state index is 0.0815. The molecule has 6 heteroatoms. The van der Waals surface area contributed by atoms with E-state index in [1.54, 1.807) is 0 Å². The second-order valence-electron chi connectivity index (χ2n) is 3.83. The third-order valence-electron chi connectivity index (χ3n) is 2.41. The van der Waals surface area contributed by atoms with Gasteiger partial charge in [-0.15, -0.1) is 0 Å². The molecule has 0 aliphatic heterocycles. The van der Waals surface area contributed by atoms with Gasteiger partial charge in [0.15, 0.2) is 5.82 Å². The minimum atomic E-state index is -0.694. The number of pyridine rings is 1. The number of nitrogens with zero attached hydrogens (tertiary/aromatic N) is 2. The van der Waals surface area contributed by atoms with Crippen molar-refractivity contribution in [1.82, 2.24) is 4.98 Å². The molecular weight excluding hydrogens is 278 g/mol. The Hall–Kier alpha value is -2.58. The summed E-state index contributed by atoms with van der Waals surface area (Å²) in [5.74, 6) is 0.0815. The summed E-state index contributed by atoms with van der Waals surface area (Å²) >= 11 is 5.72. The smallest absolute Gasteiger partial charge is 0.413 e. The zero-order valence-corrected chi connectivity index (χ0v) is 11.1. The average molecular weight is 288 g/mol. The lowest BCUT2D eigenvalue weighted by Gasteiger charge is -2.07. The Morgan fingerprint density at radius 1 is 1.30 bits per heavy atom. The fourth-order valence-electron chi connectivity index (χ4n) is 1.48. The van der Waals surface area contributed by atoms with Gasteiger partial charge in [0.05, 0.1) is 5.56 Å². The van der Waals surface area contributed by atoms with E-state index in [2.05, 4.69) is 10.3 Å². The summed E-state index contributed by atoms with van der Waals surface area (Å²) < 4.78 is 5.03. The molecule has 1 heterocycles. The van der Waals surface area contributed by atoms with Crippen molar-refractivity contribution in [1.29, 1.82) is 5.26 Å². The topological polar surface area (TPSA) is 75.0 Å². The van der Waals surface area contributed by atoms with Gasteiger partial charge in [0, 0.05) is 0 Å². The zero-order chi connectivity index (χ0) is 14.4. The van der Waals surface area contributed by atoms with Gasteiger partial charge >= 0.3 is 6.09 Å². The molecule has 0 fully saturated rings. The molecule has 20 heavy (non-hydrogen) atoms. The van der Waals surface area contributed by atoms with Crippen molar-refractivity contribution in [2.45, 2.75) is 6.61 Å². The summed E-state index contributed by atoms with van der Waals surface area (Å²) in [6.45, 7) is 0.134. The van der Waals surface area contributed by atoms with E-state index in [1.807, 2.05) is 36.4 Å². The number of carbonyl (C=O) groups excluding carboxylic acids is 1. The maximum Gasteiger partial charge on any atom is 0.413 e. The van der Waals surface area contributed by atoms with Crippen LogP contribution in [0.4, 0.5) is 10.6 Å². The van der Waals surface area contributed by atoms with E-state index >= 15 is 0 Å². The predicted octanol–water partition coefficient (Wildman–Crippen LogP) is 3.36.